The van der Waals surface area contributed by atoms with E-state index in [-0.39, 0.29) is 12.1 Å². The summed E-state index contributed by atoms with van der Waals surface area (Å²) in [4.78, 5) is 5.33. The summed E-state index contributed by atoms with van der Waals surface area (Å²) in [5.74, 6) is 0.906. The average Bonchev–Trinajstić information content (AvgIpc) is 3.01. The molecule has 0 radical (unpaired) electrons. The Morgan fingerprint density at radius 1 is 1.00 bits per heavy atom. The number of rotatable bonds is 4. The maximum atomic E-state index is 9.52. The van der Waals surface area contributed by atoms with Crippen LogP contribution in [0.4, 0.5) is 0 Å². The second kappa shape index (κ2) is 6.95. The lowest BCUT2D eigenvalue weighted by Gasteiger charge is -2.44. The van der Waals surface area contributed by atoms with Crippen LogP contribution in [0.2, 0.25) is 0 Å². The van der Waals surface area contributed by atoms with Crippen LogP contribution < -0.4 is 5.73 Å². The van der Waals surface area contributed by atoms with Crippen LogP contribution in [0.15, 0.2) is 0 Å². The Balaban J connectivity index is 1.44. The van der Waals surface area contributed by atoms with Crippen LogP contribution >= 0.6 is 0 Å². The Bertz CT molecular complexity index is 324. The predicted octanol–water partition coefficient (Wildman–Crippen LogP) is 1.43. The van der Waals surface area contributed by atoms with Crippen molar-refractivity contribution in [2.75, 3.05) is 39.3 Å². The van der Waals surface area contributed by atoms with Crippen LogP contribution in [-0.2, 0) is 0 Å². The van der Waals surface area contributed by atoms with Crippen LogP contribution in [0.25, 0.3) is 0 Å². The van der Waals surface area contributed by atoms with Crippen molar-refractivity contribution in [3.63, 3.8) is 0 Å². The highest BCUT2D eigenvalue weighted by atomic mass is 16.3. The van der Waals surface area contributed by atoms with Crippen LogP contribution in [0.5, 0.6) is 0 Å². The smallest absolute Gasteiger partial charge is 0.0611 e. The Labute approximate surface area is 129 Å². The molecule has 21 heavy (non-hydrogen) atoms. The molecule has 2 saturated heterocycles. The second-order valence-corrected chi connectivity index (χ2v) is 7.76. The van der Waals surface area contributed by atoms with Crippen LogP contribution in [-0.4, -0.2) is 65.8 Å². The van der Waals surface area contributed by atoms with Gasteiger partial charge in [0.25, 0.3) is 0 Å². The third kappa shape index (κ3) is 3.98. The minimum atomic E-state index is -0.310. The average molecular weight is 295 g/mol. The first-order valence-corrected chi connectivity index (χ1v) is 9.05. The number of hydrogen-bond acceptors (Lipinski definition) is 4. The minimum absolute atomic E-state index is 0.148. The van der Waals surface area contributed by atoms with Crippen LogP contribution in [0.1, 0.15) is 51.4 Å². The number of likely N-dealkylation sites (tertiary alicyclic amines) is 2. The first-order chi connectivity index (χ1) is 10.2. The molecule has 0 aromatic rings. The number of piperidine rings is 1. The summed E-state index contributed by atoms with van der Waals surface area (Å²) in [6, 6.07) is 0.614. The maximum Gasteiger partial charge on any atom is 0.0611 e. The van der Waals surface area contributed by atoms with E-state index in [4.69, 9.17) is 5.73 Å². The summed E-state index contributed by atoms with van der Waals surface area (Å²) in [5.41, 5.74) is 6.00. The SMILES string of the molecule is NC1(CO)CCCC(N2CCC(CN3CCCC3)CC2)C1. The molecule has 0 aromatic heterocycles. The van der Waals surface area contributed by atoms with Gasteiger partial charge in [-0.15, -0.1) is 0 Å². The molecule has 2 heterocycles. The molecule has 3 aliphatic rings. The monoisotopic (exact) mass is 295 g/mol. The van der Waals surface area contributed by atoms with Crippen LogP contribution in [0.3, 0.4) is 0 Å². The fourth-order valence-electron chi connectivity index (χ4n) is 4.65. The molecule has 3 rings (SSSR count). The number of hydrogen-bond donors (Lipinski definition) is 2. The highest BCUT2D eigenvalue weighted by molar-refractivity contribution is 4.94. The van der Waals surface area contributed by atoms with Gasteiger partial charge >= 0.3 is 0 Å². The summed E-state index contributed by atoms with van der Waals surface area (Å²) < 4.78 is 0. The van der Waals surface area contributed by atoms with Crippen LogP contribution in [0, 0.1) is 5.92 Å². The van der Waals surface area contributed by atoms with Crippen molar-refractivity contribution in [2.45, 2.75) is 62.9 Å². The summed E-state index contributed by atoms with van der Waals surface area (Å²) in [5, 5.41) is 9.52. The minimum Gasteiger partial charge on any atom is -0.394 e. The van der Waals surface area contributed by atoms with E-state index in [0.717, 1.165) is 18.8 Å². The first-order valence-electron chi connectivity index (χ1n) is 9.05. The van der Waals surface area contributed by atoms with Crippen molar-refractivity contribution >= 4 is 0 Å². The lowest BCUT2D eigenvalue weighted by molar-refractivity contribution is 0.0544. The van der Waals surface area contributed by atoms with E-state index >= 15 is 0 Å². The number of aliphatic hydroxyl groups excluding tert-OH is 1. The van der Waals surface area contributed by atoms with E-state index in [1.807, 2.05) is 0 Å². The second-order valence-electron chi connectivity index (χ2n) is 7.76. The molecule has 0 bridgehead atoms. The topological polar surface area (TPSA) is 52.7 Å². The van der Waals surface area contributed by atoms with Gasteiger partial charge in [-0.3, -0.25) is 0 Å². The van der Waals surface area contributed by atoms with Gasteiger partial charge in [-0.25, -0.2) is 0 Å². The van der Waals surface area contributed by atoms with Gasteiger partial charge in [0, 0.05) is 18.1 Å². The summed E-state index contributed by atoms with van der Waals surface area (Å²) in [7, 11) is 0. The van der Waals surface area contributed by atoms with E-state index < -0.39 is 0 Å². The normalized spacial score (nSPS) is 37.1. The quantitative estimate of drug-likeness (QED) is 0.824. The van der Waals surface area contributed by atoms with E-state index in [1.54, 1.807) is 0 Å². The fraction of sp³-hybridized carbons (Fsp3) is 1.00. The Morgan fingerprint density at radius 2 is 1.71 bits per heavy atom. The molecule has 0 spiro atoms. The lowest BCUT2D eigenvalue weighted by Crippen LogP contribution is -2.54. The van der Waals surface area contributed by atoms with Crippen molar-refractivity contribution in [2.24, 2.45) is 11.7 Å². The largest absolute Gasteiger partial charge is 0.394 e. The van der Waals surface area contributed by atoms with Gasteiger partial charge in [-0.1, -0.05) is 0 Å². The van der Waals surface area contributed by atoms with E-state index in [2.05, 4.69) is 9.80 Å². The predicted molar refractivity (Wildman–Crippen MR) is 86.2 cm³/mol. The third-order valence-electron chi connectivity index (χ3n) is 6.05. The van der Waals surface area contributed by atoms with Crippen molar-refractivity contribution in [3.8, 4) is 0 Å². The standard InChI is InChI=1S/C17H33N3O/c18-17(14-21)7-3-4-16(12-17)20-10-5-15(6-11-20)13-19-8-1-2-9-19/h15-16,21H,1-14,18H2. The van der Waals surface area contributed by atoms with E-state index in [0.29, 0.717) is 6.04 Å². The molecule has 2 aliphatic heterocycles. The molecule has 3 N–H and O–H groups in total. The van der Waals surface area contributed by atoms with Crippen molar-refractivity contribution in [1.29, 1.82) is 0 Å². The molecule has 4 heteroatoms. The zero-order valence-electron chi connectivity index (χ0n) is 13.5. The summed E-state index contributed by atoms with van der Waals surface area (Å²) >= 11 is 0. The molecule has 2 atom stereocenters. The molecule has 1 aliphatic carbocycles. The Hall–Kier alpha value is -0.160. The lowest BCUT2D eigenvalue weighted by atomic mass is 9.79. The summed E-state index contributed by atoms with van der Waals surface area (Å²) in [6.45, 7) is 6.62. The molecule has 0 amide bonds. The molecule has 0 aromatic carbocycles. The maximum absolute atomic E-state index is 9.52. The van der Waals surface area contributed by atoms with Crippen molar-refractivity contribution in [1.82, 2.24) is 9.80 Å². The van der Waals surface area contributed by atoms with Gasteiger partial charge in [0.05, 0.1) is 6.61 Å². The summed E-state index contributed by atoms with van der Waals surface area (Å²) in [6.07, 6.45) is 9.94. The molecule has 3 fully saturated rings. The molecule has 122 valence electrons. The first kappa shape index (κ1) is 15.7. The zero-order valence-corrected chi connectivity index (χ0v) is 13.5. The number of aliphatic hydroxyl groups is 1. The molecular formula is C17H33N3O. The van der Waals surface area contributed by atoms with Gasteiger partial charge in [0.2, 0.25) is 0 Å². The zero-order chi connectivity index (χ0) is 14.7. The van der Waals surface area contributed by atoms with Gasteiger partial charge in [0.15, 0.2) is 0 Å². The van der Waals surface area contributed by atoms with Crippen molar-refractivity contribution in [3.05, 3.63) is 0 Å². The molecule has 4 nitrogen and oxygen atoms in total. The highest BCUT2D eigenvalue weighted by Gasteiger charge is 2.36. The van der Waals surface area contributed by atoms with E-state index in [1.165, 1.54) is 71.2 Å². The fourth-order valence-corrected chi connectivity index (χ4v) is 4.65. The van der Waals surface area contributed by atoms with Gasteiger partial charge in [0.1, 0.15) is 0 Å². The third-order valence-corrected chi connectivity index (χ3v) is 6.05. The van der Waals surface area contributed by atoms with Gasteiger partial charge in [-0.2, -0.15) is 0 Å². The van der Waals surface area contributed by atoms with Crippen molar-refractivity contribution < 1.29 is 5.11 Å². The van der Waals surface area contributed by atoms with E-state index in [9.17, 15) is 5.11 Å². The Morgan fingerprint density at radius 3 is 2.38 bits per heavy atom. The number of nitrogens with zero attached hydrogens (tertiary/aromatic N) is 2. The molecule has 1 saturated carbocycles. The van der Waals surface area contributed by atoms with Gasteiger partial charge in [-0.05, 0) is 83.5 Å². The Kier molecular flexibility index (Phi) is 5.20. The highest BCUT2D eigenvalue weighted by Crippen LogP contribution is 2.32. The number of nitrogens with two attached hydrogens (primary N) is 1. The molecular weight excluding hydrogens is 262 g/mol. The van der Waals surface area contributed by atoms with Gasteiger partial charge < -0.3 is 20.6 Å². The molecule has 2 unspecified atom stereocenters.